The van der Waals surface area contributed by atoms with E-state index in [2.05, 4.69) is 4.72 Å². The zero-order valence-corrected chi connectivity index (χ0v) is 9.52. The Morgan fingerprint density at radius 1 is 1.36 bits per heavy atom. The van der Waals surface area contributed by atoms with Crippen LogP contribution in [0.25, 0.3) is 0 Å². The Hall–Kier alpha value is -0.620. The quantitative estimate of drug-likeness (QED) is 0.667. The number of sulfonamides is 1. The summed E-state index contributed by atoms with van der Waals surface area (Å²) in [6.45, 7) is 4.94. The number of hydrogen-bond donors (Lipinski definition) is 2. The molecule has 84 valence electrons. The standard InChI is InChI=1S/C8H17NO4S/c1-8(2,3)14(12,13)9-6-4-5-7(10)11/h9H,4-6H2,1-3H3,(H,10,11). The van der Waals surface area contributed by atoms with Crippen LogP contribution < -0.4 is 4.72 Å². The van der Waals surface area contributed by atoms with E-state index in [-0.39, 0.29) is 13.0 Å². The molecule has 0 radical (unpaired) electrons. The van der Waals surface area contributed by atoms with Crippen LogP contribution in [0.5, 0.6) is 0 Å². The fourth-order valence-electron chi connectivity index (χ4n) is 0.663. The zero-order chi connectivity index (χ0) is 11.4. The Balaban J connectivity index is 3.97. The van der Waals surface area contributed by atoms with Gasteiger partial charge >= 0.3 is 5.97 Å². The lowest BCUT2D eigenvalue weighted by Gasteiger charge is -2.19. The Morgan fingerprint density at radius 3 is 2.21 bits per heavy atom. The van der Waals surface area contributed by atoms with E-state index in [1.807, 2.05) is 0 Å². The monoisotopic (exact) mass is 223 g/mol. The highest BCUT2D eigenvalue weighted by Crippen LogP contribution is 2.12. The molecular weight excluding hydrogens is 206 g/mol. The summed E-state index contributed by atoms with van der Waals surface area (Å²) in [5.74, 6) is -0.917. The number of carbonyl (C=O) groups is 1. The van der Waals surface area contributed by atoms with Crippen molar-refractivity contribution in [3.63, 3.8) is 0 Å². The van der Waals surface area contributed by atoms with E-state index in [9.17, 15) is 13.2 Å². The average Bonchev–Trinajstić information content (AvgIpc) is 1.95. The molecule has 0 aliphatic carbocycles. The molecule has 0 amide bonds. The van der Waals surface area contributed by atoms with Crippen LogP contribution in [0.3, 0.4) is 0 Å². The van der Waals surface area contributed by atoms with Crippen molar-refractivity contribution in [2.24, 2.45) is 0 Å². The molecule has 0 aromatic rings. The lowest BCUT2D eigenvalue weighted by atomic mass is 10.3. The van der Waals surface area contributed by atoms with Crippen LogP contribution in [-0.2, 0) is 14.8 Å². The lowest BCUT2D eigenvalue weighted by molar-refractivity contribution is -0.137. The third-order valence-corrected chi connectivity index (χ3v) is 3.86. The third kappa shape index (κ3) is 4.57. The van der Waals surface area contributed by atoms with Gasteiger partial charge in [-0.15, -0.1) is 0 Å². The predicted octanol–water partition coefficient (Wildman–Crippen LogP) is 0.569. The summed E-state index contributed by atoms with van der Waals surface area (Å²) in [4.78, 5) is 10.1. The first-order chi connectivity index (χ1) is 6.17. The van der Waals surface area contributed by atoms with Gasteiger partial charge in [-0.1, -0.05) is 0 Å². The van der Waals surface area contributed by atoms with Crippen molar-refractivity contribution in [3.8, 4) is 0 Å². The summed E-state index contributed by atoms with van der Waals surface area (Å²) in [7, 11) is -3.34. The van der Waals surface area contributed by atoms with Gasteiger partial charge in [0.2, 0.25) is 10.0 Å². The molecule has 0 rings (SSSR count). The summed E-state index contributed by atoms with van der Waals surface area (Å²) in [5.41, 5.74) is 0. The first-order valence-electron chi connectivity index (χ1n) is 4.38. The van der Waals surface area contributed by atoms with Crippen LogP contribution >= 0.6 is 0 Å². The second-order valence-corrected chi connectivity index (χ2v) is 6.53. The normalized spacial score (nSPS) is 12.8. The molecule has 0 saturated heterocycles. The van der Waals surface area contributed by atoms with Gasteiger partial charge in [0, 0.05) is 13.0 Å². The number of hydrogen-bond acceptors (Lipinski definition) is 3. The number of carboxylic acid groups (broad SMARTS) is 1. The van der Waals surface area contributed by atoms with E-state index in [0.29, 0.717) is 6.42 Å². The molecule has 0 atom stereocenters. The number of carboxylic acids is 1. The highest BCUT2D eigenvalue weighted by Gasteiger charge is 2.27. The average molecular weight is 223 g/mol. The number of rotatable bonds is 5. The molecule has 0 aliphatic heterocycles. The minimum absolute atomic E-state index is 0.0212. The van der Waals surface area contributed by atoms with Gasteiger partial charge in [0.25, 0.3) is 0 Å². The summed E-state index contributed by atoms with van der Waals surface area (Å²) in [5, 5.41) is 8.33. The van der Waals surface area contributed by atoms with Gasteiger partial charge in [0.05, 0.1) is 4.75 Å². The number of nitrogens with one attached hydrogen (secondary N) is 1. The Labute approximate surface area is 84.6 Å². The maximum absolute atomic E-state index is 11.4. The topological polar surface area (TPSA) is 83.5 Å². The van der Waals surface area contributed by atoms with Crippen molar-refractivity contribution in [3.05, 3.63) is 0 Å². The molecule has 0 spiro atoms. The van der Waals surface area contributed by atoms with Gasteiger partial charge in [-0.05, 0) is 27.2 Å². The summed E-state index contributed by atoms with van der Waals surface area (Å²) in [6.07, 6.45) is 0.289. The first-order valence-corrected chi connectivity index (χ1v) is 5.86. The maximum atomic E-state index is 11.4. The molecule has 14 heavy (non-hydrogen) atoms. The predicted molar refractivity (Wildman–Crippen MR) is 53.5 cm³/mol. The first kappa shape index (κ1) is 13.4. The minimum Gasteiger partial charge on any atom is -0.481 e. The second kappa shape index (κ2) is 4.75. The molecule has 0 fully saturated rings. The summed E-state index contributed by atoms with van der Waals surface area (Å²) < 4.78 is 24.4. The van der Waals surface area contributed by atoms with Crippen LogP contribution in [0.4, 0.5) is 0 Å². The highest BCUT2D eigenvalue weighted by atomic mass is 32.2. The van der Waals surface area contributed by atoms with Crippen molar-refractivity contribution >= 4 is 16.0 Å². The Morgan fingerprint density at radius 2 is 1.86 bits per heavy atom. The minimum atomic E-state index is -3.34. The fourth-order valence-corrected chi connectivity index (χ4v) is 1.51. The van der Waals surface area contributed by atoms with Gasteiger partial charge < -0.3 is 5.11 Å². The number of aliphatic carboxylic acids is 1. The van der Waals surface area contributed by atoms with Gasteiger partial charge in [-0.2, -0.15) is 0 Å². The van der Waals surface area contributed by atoms with E-state index >= 15 is 0 Å². The van der Waals surface area contributed by atoms with Gasteiger partial charge in [0.15, 0.2) is 0 Å². The third-order valence-electron chi connectivity index (χ3n) is 1.67. The molecule has 0 bridgehead atoms. The van der Waals surface area contributed by atoms with Crippen LogP contribution in [-0.4, -0.2) is 30.8 Å². The Bertz CT molecular complexity index is 289. The van der Waals surface area contributed by atoms with Crippen LogP contribution in [0.1, 0.15) is 33.6 Å². The van der Waals surface area contributed by atoms with Crippen molar-refractivity contribution in [1.82, 2.24) is 4.72 Å². The second-order valence-electron chi connectivity index (χ2n) is 4.01. The molecule has 2 N–H and O–H groups in total. The van der Waals surface area contributed by atoms with Crippen molar-refractivity contribution in [1.29, 1.82) is 0 Å². The molecule has 0 aromatic carbocycles. The molecule has 0 aliphatic rings. The summed E-state index contributed by atoms with van der Waals surface area (Å²) >= 11 is 0. The SMILES string of the molecule is CC(C)(C)S(=O)(=O)NCCCC(=O)O. The molecule has 0 saturated carbocycles. The molecule has 0 unspecified atom stereocenters. The van der Waals surface area contributed by atoms with E-state index in [1.165, 1.54) is 0 Å². The van der Waals surface area contributed by atoms with Crippen molar-refractivity contribution < 1.29 is 18.3 Å². The van der Waals surface area contributed by atoms with Crippen LogP contribution in [0.15, 0.2) is 0 Å². The molecule has 5 nitrogen and oxygen atoms in total. The van der Waals surface area contributed by atoms with Crippen LogP contribution in [0.2, 0.25) is 0 Å². The molecule has 0 aromatic heterocycles. The molecule has 6 heteroatoms. The largest absolute Gasteiger partial charge is 0.481 e. The van der Waals surface area contributed by atoms with E-state index < -0.39 is 20.7 Å². The van der Waals surface area contributed by atoms with Gasteiger partial charge in [-0.3, -0.25) is 4.79 Å². The zero-order valence-electron chi connectivity index (χ0n) is 8.70. The smallest absolute Gasteiger partial charge is 0.303 e. The van der Waals surface area contributed by atoms with Crippen molar-refractivity contribution in [2.45, 2.75) is 38.4 Å². The van der Waals surface area contributed by atoms with Gasteiger partial charge in [-0.25, -0.2) is 13.1 Å². The molecular formula is C8H17NO4S. The van der Waals surface area contributed by atoms with E-state index in [1.54, 1.807) is 20.8 Å². The summed E-state index contributed by atoms with van der Waals surface area (Å²) in [6, 6.07) is 0. The van der Waals surface area contributed by atoms with E-state index in [0.717, 1.165) is 0 Å². The highest BCUT2D eigenvalue weighted by molar-refractivity contribution is 7.90. The van der Waals surface area contributed by atoms with Gasteiger partial charge in [0.1, 0.15) is 0 Å². The van der Waals surface area contributed by atoms with Crippen LogP contribution in [0, 0.1) is 0 Å². The fraction of sp³-hybridized carbons (Fsp3) is 0.875. The molecule has 0 heterocycles. The maximum Gasteiger partial charge on any atom is 0.303 e. The lowest BCUT2D eigenvalue weighted by Crippen LogP contribution is -2.39. The van der Waals surface area contributed by atoms with Crippen molar-refractivity contribution in [2.75, 3.05) is 6.54 Å². The Kier molecular flexibility index (Phi) is 4.54. The van der Waals surface area contributed by atoms with E-state index in [4.69, 9.17) is 5.11 Å².